The number of anilines is 1. The number of rotatable bonds is 7. The van der Waals surface area contributed by atoms with Gasteiger partial charge < -0.3 is 24.8 Å². The summed E-state index contributed by atoms with van der Waals surface area (Å²) < 4.78 is 17.3. The first kappa shape index (κ1) is 23.4. The van der Waals surface area contributed by atoms with Gasteiger partial charge in [-0.05, 0) is 37.3 Å². The first-order valence-electron chi connectivity index (χ1n) is 8.22. The van der Waals surface area contributed by atoms with Crippen molar-refractivity contribution in [3.05, 3.63) is 46.4 Å². The highest BCUT2D eigenvalue weighted by Crippen LogP contribution is 2.30. The van der Waals surface area contributed by atoms with Crippen LogP contribution in [-0.4, -0.2) is 33.8 Å². The molecule has 0 atom stereocenters. The van der Waals surface area contributed by atoms with Gasteiger partial charge in [-0.15, -0.1) is 24.0 Å². The lowest BCUT2D eigenvalue weighted by atomic mass is 10.2. The summed E-state index contributed by atoms with van der Waals surface area (Å²) in [7, 11) is 5.00. The van der Waals surface area contributed by atoms with Crippen molar-refractivity contribution in [3.63, 3.8) is 0 Å². The van der Waals surface area contributed by atoms with Gasteiger partial charge >= 0.3 is 0 Å². The Morgan fingerprint density at radius 3 is 2.37 bits per heavy atom. The van der Waals surface area contributed by atoms with Crippen molar-refractivity contribution in [1.82, 2.24) is 5.32 Å². The molecule has 0 unspecified atom stereocenters. The van der Waals surface area contributed by atoms with Crippen LogP contribution in [0, 0.1) is 0 Å². The van der Waals surface area contributed by atoms with Gasteiger partial charge in [0.05, 0.1) is 20.8 Å². The van der Waals surface area contributed by atoms with Crippen molar-refractivity contribution < 1.29 is 14.2 Å². The topological polar surface area (TPSA) is 64.1 Å². The fraction of sp³-hybridized carbons (Fsp3) is 0.316. The number of nitrogens with zero attached hydrogens (tertiary/aromatic N) is 1. The van der Waals surface area contributed by atoms with Crippen LogP contribution in [-0.2, 0) is 6.54 Å². The van der Waals surface area contributed by atoms with Gasteiger partial charge in [0, 0.05) is 35.4 Å². The molecule has 8 heteroatoms. The molecule has 0 aliphatic carbocycles. The van der Waals surface area contributed by atoms with Crippen LogP contribution in [0.15, 0.2) is 45.9 Å². The maximum atomic E-state index is 5.61. The zero-order chi connectivity index (χ0) is 18.9. The Hall–Kier alpha value is -1.68. The summed E-state index contributed by atoms with van der Waals surface area (Å²) in [6.07, 6.45) is 0. The number of aliphatic imine (C=N–C) groups is 1. The van der Waals surface area contributed by atoms with E-state index in [1.54, 1.807) is 21.3 Å². The van der Waals surface area contributed by atoms with E-state index in [4.69, 9.17) is 14.2 Å². The van der Waals surface area contributed by atoms with Crippen LogP contribution >= 0.6 is 39.9 Å². The maximum Gasteiger partial charge on any atom is 0.195 e. The van der Waals surface area contributed by atoms with E-state index in [1.165, 1.54) is 0 Å². The second-order valence-corrected chi connectivity index (χ2v) is 6.22. The van der Waals surface area contributed by atoms with Crippen molar-refractivity contribution in [2.75, 3.05) is 33.2 Å². The summed E-state index contributed by atoms with van der Waals surface area (Å²) in [4.78, 5) is 4.26. The van der Waals surface area contributed by atoms with E-state index in [0.717, 1.165) is 21.5 Å². The number of guanidine groups is 1. The van der Waals surface area contributed by atoms with Gasteiger partial charge in [0.25, 0.3) is 0 Å². The normalized spacial score (nSPS) is 10.6. The highest BCUT2D eigenvalue weighted by Gasteiger charge is 2.08. The molecular formula is C19H25BrIN3O3. The molecule has 0 amide bonds. The maximum absolute atomic E-state index is 5.61. The molecule has 2 aromatic carbocycles. The molecule has 0 aliphatic rings. The Kier molecular flexibility index (Phi) is 10.3. The summed E-state index contributed by atoms with van der Waals surface area (Å²) in [5.74, 6) is 2.84. The van der Waals surface area contributed by atoms with Crippen molar-refractivity contribution >= 4 is 51.6 Å². The molecule has 0 bridgehead atoms. The van der Waals surface area contributed by atoms with Crippen LogP contribution in [0.2, 0.25) is 0 Å². The second kappa shape index (κ2) is 11.9. The molecule has 2 rings (SSSR count). The quantitative estimate of drug-likeness (QED) is 0.298. The van der Waals surface area contributed by atoms with Crippen molar-refractivity contribution in [1.29, 1.82) is 0 Å². The molecule has 0 aromatic heterocycles. The minimum Gasteiger partial charge on any atom is -0.496 e. The predicted molar refractivity (Wildman–Crippen MR) is 124 cm³/mol. The average Bonchev–Trinajstić information content (AvgIpc) is 2.65. The molecule has 27 heavy (non-hydrogen) atoms. The predicted octanol–water partition coefficient (Wildman–Crippen LogP) is 4.67. The molecule has 0 spiro atoms. The van der Waals surface area contributed by atoms with E-state index in [1.807, 2.05) is 43.3 Å². The Morgan fingerprint density at radius 1 is 1.04 bits per heavy atom. The molecule has 2 N–H and O–H groups in total. The van der Waals surface area contributed by atoms with Gasteiger partial charge in [-0.2, -0.15) is 0 Å². The van der Waals surface area contributed by atoms with E-state index in [2.05, 4.69) is 31.6 Å². The van der Waals surface area contributed by atoms with Gasteiger partial charge in [0.2, 0.25) is 0 Å². The monoisotopic (exact) mass is 549 g/mol. The Bertz CT molecular complexity index is 772. The number of hydrogen-bond donors (Lipinski definition) is 2. The Balaban J connectivity index is 0.00000364. The fourth-order valence-corrected chi connectivity index (χ4v) is 2.81. The molecular weight excluding hydrogens is 525 g/mol. The molecule has 0 fully saturated rings. The minimum atomic E-state index is 0. The van der Waals surface area contributed by atoms with Crippen molar-refractivity contribution in [2.45, 2.75) is 13.5 Å². The zero-order valence-electron chi connectivity index (χ0n) is 15.8. The van der Waals surface area contributed by atoms with Crippen LogP contribution in [0.4, 0.5) is 5.69 Å². The number of hydrogen-bond acceptors (Lipinski definition) is 4. The van der Waals surface area contributed by atoms with Crippen LogP contribution in [0.5, 0.6) is 17.2 Å². The fourth-order valence-electron chi connectivity index (χ4n) is 2.40. The zero-order valence-corrected chi connectivity index (χ0v) is 19.8. The highest BCUT2D eigenvalue weighted by atomic mass is 127. The number of benzene rings is 2. The summed E-state index contributed by atoms with van der Waals surface area (Å²) in [5.41, 5.74) is 1.87. The van der Waals surface area contributed by atoms with Gasteiger partial charge in [-0.25, -0.2) is 0 Å². The third kappa shape index (κ3) is 6.76. The highest BCUT2D eigenvalue weighted by molar-refractivity contribution is 14.0. The number of methoxy groups -OCH3 is 2. The van der Waals surface area contributed by atoms with Crippen LogP contribution in [0.25, 0.3) is 0 Å². The smallest absolute Gasteiger partial charge is 0.195 e. The third-order valence-corrected chi connectivity index (χ3v) is 4.13. The average molecular weight is 550 g/mol. The lowest BCUT2D eigenvalue weighted by Crippen LogP contribution is -2.30. The number of ether oxygens (including phenoxy) is 3. The van der Waals surface area contributed by atoms with Crippen LogP contribution in [0.3, 0.4) is 0 Å². The van der Waals surface area contributed by atoms with E-state index < -0.39 is 0 Å². The molecule has 148 valence electrons. The van der Waals surface area contributed by atoms with E-state index in [9.17, 15) is 0 Å². The molecule has 0 saturated heterocycles. The summed E-state index contributed by atoms with van der Waals surface area (Å²) in [5, 5.41) is 6.53. The SMILES string of the molecule is CCOc1cc(NC(=NC)NCc2cc(Br)ccc2OC)ccc1OC.I. The van der Waals surface area contributed by atoms with Gasteiger partial charge in [-0.1, -0.05) is 15.9 Å². The molecule has 0 saturated carbocycles. The van der Waals surface area contributed by atoms with Gasteiger partial charge in [-0.3, -0.25) is 4.99 Å². The standard InChI is InChI=1S/C19H24BrN3O3.HI/c1-5-26-18-11-15(7-9-17(18)25-4)23-19(21-2)22-12-13-10-14(20)6-8-16(13)24-3;/h6-11H,5,12H2,1-4H3,(H2,21,22,23);1H. The molecule has 0 heterocycles. The number of halogens is 2. The van der Waals surface area contributed by atoms with Gasteiger partial charge in [0.15, 0.2) is 17.5 Å². The minimum absolute atomic E-state index is 0. The largest absolute Gasteiger partial charge is 0.496 e. The van der Waals surface area contributed by atoms with Gasteiger partial charge in [0.1, 0.15) is 5.75 Å². The molecule has 0 aliphatic heterocycles. The summed E-state index contributed by atoms with van der Waals surface area (Å²) in [6, 6.07) is 11.5. The summed E-state index contributed by atoms with van der Waals surface area (Å²) >= 11 is 3.48. The lowest BCUT2D eigenvalue weighted by Gasteiger charge is -2.15. The molecule has 2 aromatic rings. The van der Waals surface area contributed by atoms with E-state index >= 15 is 0 Å². The van der Waals surface area contributed by atoms with Crippen LogP contribution < -0.4 is 24.8 Å². The lowest BCUT2D eigenvalue weighted by molar-refractivity contribution is 0.311. The molecule has 0 radical (unpaired) electrons. The van der Waals surface area contributed by atoms with E-state index in [-0.39, 0.29) is 24.0 Å². The summed E-state index contributed by atoms with van der Waals surface area (Å²) in [6.45, 7) is 3.07. The van der Waals surface area contributed by atoms with Crippen molar-refractivity contribution in [3.8, 4) is 17.2 Å². The third-order valence-electron chi connectivity index (χ3n) is 3.64. The second-order valence-electron chi connectivity index (χ2n) is 5.31. The number of nitrogens with one attached hydrogen (secondary N) is 2. The first-order valence-corrected chi connectivity index (χ1v) is 9.01. The molecule has 6 nitrogen and oxygen atoms in total. The Labute approximate surface area is 185 Å². The van der Waals surface area contributed by atoms with Crippen LogP contribution in [0.1, 0.15) is 12.5 Å². The van der Waals surface area contributed by atoms with E-state index in [0.29, 0.717) is 30.6 Å². The van der Waals surface area contributed by atoms with Crippen molar-refractivity contribution in [2.24, 2.45) is 4.99 Å². The Morgan fingerprint density at radius 2 is 1.74 bits per heavy atom. The first-order chi connectivity index (χ1) is 12.6.